The maximum absolute atomic E-state index is 12.5. The van der Waals surface area contributed by atoms with Crippen LogP contribution in [0.15, 0.2) is 29.2 Å². The van der Waals surface area contributed by atoms with Gasteiger partial charge in [-0.2, -0.15) is 0 Å². The number of nitrogens with one attached hydrogen (secondary N) is 1. The van der Waals surface area contributed by atoms with Crippen LogP contribution in [0.25, 0.3) is 0 Å². The first-order valence-corrected chi connectivity index (χ1v) is 10.4. The van der Waals surface area contributed by atoms with E-state index in [-0.39, 0.29) is 10.8 Å². The predicted molar refractivity (Wildman–Crippen MR) is 92.2 cm³/mol. The van der Waals surface area contributed by atoms with Crippen LogP contribution in [-0.4, -0.2) is 27.4 Å². The van der Waals surface area contributed by atoms with Crippen molar-refractivity contribution in [1.82, 2.24) is 4.72 Å². The molecule has 1 aromatic rings. The van der Waals surface area contributed by atoms with Gasteiger partial charge in [-0.1, -0.05) is 6.42 Å². The number of benzene rings is 1. The highest BCUT2D eigenvalue weighted by atomic mass is 32.2. The minimum absolute atomic E-state index is 0.111. The van der Waals surface area contributed by atoms with Crippen molar-refractivity contribution in [3.63, 3.8) is 0 Å². The van der Waals surface area contributed by atoms with Gasteiger partial charge in [0.1, 0.15) is 0 Å². The number of hydrogen-bond acceptors (Lipinski definition) is 3. The summed E-state index contributed by atoms with van der Waals surface area (Å²) in [5.41, 5.74) is 0.782. The molecule has 1 aromatic carbocycles. The normalized spacial score (nSPS) is 29.6. The molecule has 2 bridgehead atoms. The van der Waals surface area contributed by atoms with Crippen molar-refractivity contribution in [2.45, 2.75) is 43.4 Å². The summed E-state index contributed by atoms with van der Waals surface area (Å²) in [5.74, 6) is 2.14. The van der Waals surface area contributed by atoms with E-state index in [1.54, 1.807) is 29.2 Å². The van der Waals surface area contributed by atoms with E-state index >= 15 is 0 Å². The molecule has 0 unspecified atom stereocenters. The number of hydrogen-bond donors (Lipinski definition) is 1. The van der Waals surface area contributed by atoms with Crippen molar-refractivity contribution in [3.8, 4) is 0 Å². The average Bonchev–Trinajstić information content (AvgIpc) is 3.30. The Morgan fingerprint density at radius 3 is 2.50 bits per heavy atom. The van der Waals surface area contributed by atoms with Gasteiger partial charge in [-0.15, -0.1) is 0 Å². The van der Waals surface area contributed by atoms with Crippen LogP contribution in [-0.2, 0) is 14.8 Å². The molecule has 2 saturated carbocycles. The third-order valence-electron chi connectivity index (χ3n) is 5.95. The molecule has 0 spiro atoms. The minimum Gasteiger partial charge on any atom is -0.312 e. The van der Waals surface area contributed by atoms with E-state index in [0.717, 1.165) is 18.0 Å². The first-order chi connectivity index (χ1) is 11.5. The molecule has 0 radical (unpaired) electrons. The Morgan fingerprint density at radius 2 is 1.92 bits per heavy atom. The second kappa shape index (κ2) is 6.15. The van der Waals surface area contributed by atoms with Crippen molar-refractivity contribution in [2.75, 3.05) is 18.0 Å². The quantitative estimate of drug-likeness (QED) is 0.889. The Bertz CT molecular complexity index is 729. The average molecular weight is 348 g/mol. The second-order valence-corrected chi connectivity index (χ2v) is 9.20. The number of anilines is 1. The monoisotopic (exact) mass is 348 g/mol. The first-order valence-electron chi connectivity index (χ1n) is 8.93. The summed E-state index contributed by atoms with van der Waals surface area (Å²) < 4.78 is 27.8. The van der Waals surface area contributed by atoms with Crippen LogP contribution in [0.3, 0.4) is 0 Å². The summed E-state index contributed by atoms with van der Waals surface area (Å²) in [6.07, 6.45) is 6.48. The van der Waals surface area contributed by atoms with Gasteiger partial charge >= 0.3 is 0 Å². The molecule has 130 valence electrons. The van der Waals surface area contributed by atoms with E-state index in [2.05, 4.69) is 4.72 Å². The topological polar surface area (TPSA) is 66.5 Å². The zero-order chi connectivity index (χ0) is 16.7. The van der Waals surface area contributed by atoms with Crippen molar-refractivity contribution in [2.24, 2.45) is 17.8 Å². The van der Waals surface area contributed by atoms with E-state index in [4.69, 9.17) is 0 Å². The van der Waals surface area contributed by atoms with E-state index in [1.165, 1.54) is 25.7 Å². The van der Waals surface area contributed by atoms with Crippen LogP contribution >= 0.6 is 0 Å². The summed E-state index contributed by atoms with van der Waals surface area (Å²) >= 11 is 0. The third kappa shape index (κ3) is 2.97. The van der Waals surface area contributed by atoms with Crippen molar-refractivity contribution in [1.29, 1.82) is 0 Å². The fraction of sp³-hybridized carbons (Fsp3) is 0.611. The summed E-state index contributed by atoms with van der Waals surface area (Å²) in [6.45, 7) is 1.27. The molecule has 6 heteroatoms. The number of nitrogens with zero attached hydrogens (tertiary/aromatic N) is 1. The Morgan fingerprint density at radius 1 is 1.12 bits per heavy atom. The maximum Gasteiger partial charge on any atom is 0.240 e. The van der Waals surface area contributed by atoms with E-state index in [0.29, 0.717) is 31.3 Å². The Hall–Kier alpha value is -1.40. The van der Waals surface area contributed by atoms with Crippen LogP contribution in [0.1, 0.15) is 38.5 Å². The maximum atomic E-state index is 12.5. The molecule has 1 heterocycles. The van der Waals surface area contributed by atoms with Gasteiger partial charge in [0, 0.05) is 25.2 Å². The summed E-state index contributed by atoms with van der Waals surface area (Å²) in [5, 5.41) is 0. The van der Waals surface area contributed by atoms with Crippen LogP contribution in [0.2, 0.25) is 0 Å². The van der Waals surface area contributed by atoms with Gasteiger partial charge < -0.3 is 4.90 Å². The zero-order valence-corrected chi connectivity index (χ0v) is 14.6. The third-order valence-corrected chi connectivity index (χ3v) is 7.39. The van der Waals surface area contributed by atoms with Crippen molar-refractivity contribution in [3.05, 3.63) is 24.3 Å². The predicted octanol–water partition coefficient (Wildman–Crippen LogP) is 2.53. The Kier molecular flexibility index (Phi) is 4.12. The molecule has 1 N–H and O–H groups in total. The molecule has 1 aliphatic heterocycles. The fourth-order valence-electron chi connectivity index (χ4n) is 4.65. The molecule has 1 saturated heterocycles. The molecule has 3 atom stereocenters. The first kappa shape index (κ1) is 16.1. The number of carbonyl (C=O) groups is 1. The van der Waals surface area contributed by atoms with Gasteiger partial charge in [-0.25, -0.2) is 13.1 Å². The molecule has 3 fully saturated rings. The largest absolute Gasteiger partial charge is 0.312 e. The molecule has 2 aliphatic carbocycles. The number of rotatable bonds is 5. The summed E-state index contributed by atoms with van der Waals surface area (Å²) in [4.78, 5) is 13.8. The highest BCUT2D eigenvalue weighted by molar-refractivity contribution is 7.89. The second-order valence-electron chi connectivity index (χ2n) is 7.43. The lowest BCUT2D eigenvalue weighted by Crippen LogP contribution is -2.31. The lowest BCUT2D eigenvalue weighted by atomic mass is 9.89. The Labute approximate surface area is 143 Å². The Balaban J connectivity index is 1.41. The number of sulfonamides is 1. The van der Waals surface area contributed by atoms with Crippen molar-refractivity contribution < 1.29 is 13.2 Å². The van der Waals surface area contributed by atoms with Gasteiger partial charge in [-0.05, 0) is 67.7 Å². The van der Waals surface area contributed by atoms with Gasteiger partial charge in [0.25, 0.3) is 0 Å². The lowest BCUT2D eigenvalue weighted by Gasteiger charge is -2.22. The van der Waals surface area contributed by atoms with Crippen LogP contribution in [0.4, 0.5) is 5.69 Å². The summed E-state index contributed by atoms with van der Waals surface area (Å²) in [6, 6.07) is 6.67. The zero-order valence-electron chi connectivity index (χ0n) is 13.8. The fourth-order valence-corrected chi connectivity index (χ4v) is 5.75. The molecule has 0 aromatic heterocycles. The van der Waals surface area contributed by atoms with E-state index < -0.39 is 10.0 Å². The van der Waals surface area contributed by atoms with Gasteiger partial charge in [0.15, 0.2) is 0 Å². The van der Waals surface area contributed by atoms with Gasteiger partial charge in [-0.3, -0.25) is 4.79 Å². The molecule has 3 aliphatic rings. The van der Waals surface area contributed by atoms with Crippen LogP contribution in [0, 0.1) is 17.8 Å². The SMILES string of the molecule is O=C1CCCN1c1ccc(S(=O)(=O)NC[C@H]2C[C@@H]3CC[C@@H]2C3)cc1. The minimum atomic E-state index is -3.47. The number of carbonyl (C=O) groups excluding carboxylic acids is 1. The van der Waals surface area contributed by atoms with E-state index in [1.807, 2.05) is 0 Å². The standard InChI is InChI=1S/C18H24N2O3S/c21-18-2-1-9-20(18)16-5-7-17(8-6-16)24(22,23)19-12-15-11-13-3-4-14(15)10-13/h5-8,13-15,19H,1-4,9-12H2/t13-,14-,15-/m1/s1. The van der Waals surface area contributed by atoms with Gasteiger partial charge in [0.05, 0.1) is 4.90 Å². The van der Waals surface area contributed by atoms with Crippen LogP contribution < -0.4 is 9.62 Å². The number of amides is 1. The molecule has 24 heavy (non-hydrogen) atoms. The van der Waals surface area contributed by atoms with Crippen LogP contribution in [0.5, 0.6) is 0 Å². The summed E-state index contributed by atoms with van der Waals surface area (Å²) in [7, 11) is -3.47. The van der Waals surface area contributed by atoms with Crippen molar-refractivity contribution >= 4 is 21.6 Å². The van der Waals surface area contributed by atoms with Gasteiger partial charge in [0.2, 0.25) is 15.9 Å². The number of fused-ring (bicyclic) bond motifs is 2. The smallest absolute Gasteiger partial charge is 0.240 e. The molecular weight excluding hydrogens is 324 g/mol. The lowest BCUT2D eigenvalue weighted by molar-refractivity contribution is -0.117. The highest BCUT2D eigenvalue weighted by Gasteiger charge is 2.39. The highest BCUT2D eigenvalue weighted by Crippen LogP contribution is 2.48. The molecule has 1 amide bonds. The molecule has 4 rings (SSSR count). The molecule has 5 nitrogen and oxygen atoms in total. The van der Waals surface area contributed by atoms with E-state index in [9.17, 15) is 13.2 Å². The molecular formula is C18H24N2O3S.